The van der Waals surface area contributed by atoms with Gasteiger partial charge in [-0.2, -0.15) is 0 Å². The second-order valence-corrected chi connectivity index (χ2v) is 15.9. The van der Waals surface area contributed by atoms with Crippen molar-refractivity contribution in [2.75, 3.05) is 0 Å². The lowest BCUT2D eigenvalue weighted by atomic mass is 9.70. The molecule has 0 saturated carbocycles. The monoisotopic (exact) mass is 775 g/mol. The minimum Gasteiger partial charge on any atom is -0.208 e. The van der Waals surface area contributed by atoms with Crippen molar-refractivity contribution in [1.29, 1.82) is 0 Å². The van der Waals surface area contributed by atoms with Crippen molar-refractivity contribution in [3.05, 3.63) is 247 Å². The highest BCUT2D eigenvalue weighted by Crippen LogP contribution is 2.63. The average Bonchev–Trinajstić information content (AvgIpc) is 3.82. The van der Waals surface area contributed by atoms with Crippen molar-refractivity contribution in [2.45, 2.75) is 5.41 Å². The third kappa shape index (κ3) is 5.62. The van der Waals surface area contributed by atoms with E-state index in [0.717, 1.165) is 33.4 Å². The first-order valence-electron chi connectivity index (χ1n) is 20.8. The predicted molar refractivity (Wildman–Crippen MR) is 249 cm³/mol. The largest absolute Gasteiger partial charge is 0.208 e. The highest BCUT2D eigenvalue weighted by Gasteiger charge is 2.51. The van der Waals surface area contributed by atoms with E-state index in [4.69, 9.17) is 15.0 Å². The first kappa shape index (κ1) is 35.0. The second kappa shape index (κ2) is 14.1. The number of nitrogens with zero attached hydrogens (tertiary/aromatic N) is 3. The van der Waals surface area contributed by atoms with Crippen LogP contribution in [-0.4, -0.2) is 15.0 Å². The van der Waals surface area contributed by atoms with Crippen molar-refractivity contribution in [3.8, 4) is 89.8 Å². The van der Waals surface area contributed by atoms with Crippen LogP contribution in [0.1, 0.15) is 22.3 Å². The molecule has 0 unspecified atom stereocenters. The molecule has 1 aromatic heterocycles. The van der Waals surface area contributed by atoms with Gasteiger partial charge in [-0.3, -0.25) is 0 Å². The van der Waals surface area contributed by atoms with Crippen LogP contribution in [0.4, 0.5) is 0 Å². The number of hydrogen-bond acceptors (Lipinski definition) is 3. The first-order chi connectivity index (χ1) is 30.2. The molecular formula is C58H37N3. The highest BCUT2D eigenvalue weighted by atomic mass is 15.0. The maximum absolute atomic E-state index is 5.02. The molecule has 0 fully saturated rings. The SMILES string of the molecule is c1ccc(-c2ccc(-c3nc(-c4ccccc4)nc(-c4ccc(-c5ccc(-c6ccc7c(c6)C6(c8ccccc8-c8ccccc86)c6ccccc6-7)cc5)cc4)n3)cc2)cc1. The number of aromatic nitrogens is 3. The normalized spacial score (nSPS) is 12.7. The first-order valence-corrected chi connectivity index (χ1v) is 20.8. The summed E-state index contributed by atoms with van der Waals surface area (Å²) in [4.78, 5) is 14.9. The molecule has 0 aliphatic heterocycles. The summed E-state index contributed by atoms with van der Waals surface area (Å²) in [6.45, 7) is 0. The van der Waals surface area contributed by atoms with E-state index < -0.39 is 0 Å². The second-order valence-electron chi connectivity index (χ2n) is 15.9. The predicted octanol–water partition coefficient (Wildman–Crippen LogP) is 14.2. The Bertz CT molecular complexity index is 3200. The van der Waals surface area contributed by atoms with Crippen LogP contribution in [0.3, 0.4) is 0 Å². The Morgan fingerprint density at radius 3 is 0.918 bits per heavy atom. The topological polar surface area (TPSA) is 38.7 Å². The average molecular weight is 776 g/mol. The van der Waals surface area contributed by atoms with Gasteiger partial charge in [0.05, 0.1) is 5.41 Å². The van der Waals surface area contributed by atoms with Gasteiger partial charge in [0.1, 0.15) is 0 Å². The molecule has 0 saturated heterocycles. The molecule has 0 bridgehead atoms. The van der Waals surface area contributed by atoms with Gasteiger partial charge in [-0.05, 0) is 84.0 Å². The van der Waals surface area contributed by atoms with Crippen LogP contribution < -0.4 is 0 Å². The summed E-state index contributed by atoms with van der Waals surface area (Å²) in [5.41, 5.74) is 20.2. The molecule has 284 valence electrons. The summed E-state index contributed by atoms with van der Waals surface area (Å²) < 4.78 is 0. The van der Waals surface area contributed by atoms with Crippen LogP contribution in [0.15, 0.2) is 224 Å². The molecule has 0 amide bonds. The van der Waals surface area contributed by atoms with Crippen LogP contribution in [0, 0.1) is 0 Å². The number of rotatable bonds is 6. The van der Waals surface area contributed by atoms with Crippen molar-refractivity contribution < 1.29 is 0 Å². The quantitative estimate of drug-likeness (QED) is 0.169. The van der Waals surface area contributed by atoms with Gasteiger partial charge in [-0.1, -0.05) is 218 Å². The Hall–Kier alpha value is -8.01. The van der Waals surface area contributed by atoms with E-state index in [0.29, 0.717) is 17.5 Å². The Balaban J connectivity index is 0.875. The molecule has 0 N–H and O–H groups in total. The zero-order valence-electron chi connectivity index (χ0n) is 33.2. The van der Waals surface area contributed by atoms with Crippen molar-refractivity contribution in [1.82, 2.24) is 15.0 Å². The molecule has 61 heavy (non-hydrogen) atoms. The van der Waals surface area contributed by atoms with Crippen LogP contribution in [0.25, 0.3) is 89.8 Å². The lowest BCUT2D eigenvalue weighted by Gasteiger charge is -2.30. The maximum atomic E-state index is 5.02. The van der Waals surface area contributed by atoms with Gasteiger partial charge >= 0.3 is 0 Å². The van der Waals surface area contributed by atoms with Gasteiger partial charge in [0.15, 0.2) is 17.5 Å². The van der Waals surface area contributed by atoms with E-state index in [1.165, 1.54) is 61.2 Å². The van der Waals surface area contributed by atoms with E-state index in [9.17, 15) is 0 Å². The fraction of sp³-hybridized carbons (Fsp3) is 0.0172. The van der Waals surface area contributed by atoms with Crippen LogP contribution >= 0.6 is 0 Å². The van der Waals surface area contributed by atoms with E-state index in [1.807, 2.05) is 36.4 Å². The molecule has 9 aromatic carbocycles. The fourth-order valence-electron chi connectivity index (χ4n) is 9.73. The summed E-state index contributed by atoms with van der Waals surface area (Å²) in [6, 6.07) is 80.5. The van der Waals surface area contributed by atoms with E-state index in [-0.39, 0.29) is 5.41 Å². The maximum Gasteiger partial charge on any atom is 0.164 e. The molecule has 2 aliphatic rings. The molecule has 0 radical (unpaired) electrons. The molecular weight excluding hydrogens is 739 g/mol. The lowest BCUT2D eigenvalue weighted by molar-refractivity contribution is 0.794. The van der Waals surface area contributed by atoms with E-state index in [1.54, 1.807) is 0 Å². The summed E-state index contributed by atoms with van der Waals surface area (Å²) in [7, 11) is 0. The third-order valence-electron chi connectivity index (χ3n) is 12.6. The molecule has 10 aromatic rings. The Morgan fingerprint density at radius 2 is 0.492 bits per heavy atom. The molecule has 3 nitrogen and oxygen atoms in total. The van der Waals surface area contributed by atoms with Gasteiger partial charge in [0.2, 0.25) is 0 Å². The van der Waals surface area contributed by atoms with Gasteiger partial charge in [-0.25, -0.2) is 15.0 Å². The third-order valence-corrected chi connectivity index (χ3v) is 12.6. The molecule has 3 heteroatoms. The van der Waals surface area contributed by atoms with Crippen molar-refractivity contribution in [2.24, 2.45) is 0 Å². The summed E-state index contributed by atoms with van der Waals surface area (Å²) >= 11 is 0. The zero-order valence-corrected chi connectivity index (χ0v) is 33.2. The molecule has 1 heterocycles. The van der Waals surface area contributed by atoms with Gasteiger partial charge in [-0.15, -0.1) is 0 Å². The van der Waals surface area contributed by atoms with Crippen LogP contribution in [0.5, 0.6) is 0 Å². The van der Waals surface area contributed by atoms with Crippen LogP contribution in [-0.2, 0) is 5.41 Å². The van der Waals surface area contributed by atoms with Gasteiger partial charge in [0.25, 0.3) is 0 Å². The smallest absolute Gasteiger partial charge is 0.164 e. The highest BCUT2D eigenvalue weighted by molar-refractivity contribution is 5.96. The fourth-order valence-corrected chi connectivity index (χ4v) is 9.73. The Labute approximate surface area is 355 Å². The molecule has 2 aliphatic carbocycles. The summed E-state index contributed by atoms with van der Waals surface area (Å²) in [5.74, 6) is 1.93. The van der Waals surface area contributed by atoms with Gasteiger partial charge in [0, 0.05) is 16.7 Å². The Kier molecular flexibility index (Phi) is 8.07. The van der Waals surface area contributed by atoms with Crippen molar-refractivity contribution >= 4 is 0 Å². The van der Waals surface area contributed by atoms with E-state index >= 15 is 0 Å². The summed E-state index contributed by atoms with van der Waals surface area (Å²) in [5, 5.41) is 0. The molecule has 0 atom stereocenters. The minimum atomic E-state index is -0.356. The minimum absolute atomic E-state index is 0.356. The van der Waals surface area contributed by atoms with Crippen molar-refractivity contribution in [3.63, 3.8) is 0 Å². The molecule has 12 rings (SSSR count). The van der Waals surface area contributed by atoms with E-state index in [2.05, 4.69) is 188 Å². The Morgan fingerprint density at radius 1 is 0.213 bits per heavy atom. The number of hydrogen-bond donors (Lipinski definition) is 0. The van der Waals surface area contributed by atoms with Gasteiger partial charge < -0.3 is 0 Å². The lowest BCUT2D eigenvalue weighted by Crippen LogP contribution is -2.25. The summed E-state index contributed by atoms with van der Waals surface area (Å²) in [6.07, 6.45) is 0. The zero-order chi connectivity index (χ0) is 40.3. The van der Waals surface area contributed by atoms with Crippen LogP contribution in [0.2, 0.25) is 0 Å². The molecule has 1 spiro atoms. The number of fused-ring (bicyclic) bond motifs is 10. The number of benzene rings is 9. The standard InChI is InChI=1S/C58H37N3/c1-3-13-38(14-4-1)39-27-31-44(32-28-39)56-59-55(43-15-5-2-6-16-43)60-57(61-56)45-33-29-41(30-34-45)40-23-25-42(26-24-40)46-35-36-50-49-19-9-12-22-53(49)58(54(50)37-46)51-20-10-7-17-47(51)48-18-8-11-21-52(48)58/h1-37H.